The SMILES string of the molecule is CC(NC(=O)c1cc(F)c(F)c(F)c1)c1nn[nH]n1. The molecule has 1 heterocycles. The van der Waals surface area contributed by atoms with Crippen LogP contribution in [0.2, 0.25) is 0 Å². The van der Waals surface area contributed by atoms with Crippen molar-refractivity contribution in [2.45, 2.75) is 13.0 Å². The average Bonchev–Trinajstić information content (AvgIpc) is 2.89. The molecular weight excluding hydrogens is 263 g/mol. The van der Waals surface area contributed by atoms with Gasteiger partial charge in [0.2, 0.25) is 0 Å². The molecule has 19 heavy (non-hydrogen) atoms. The number of benzene rings is 1. The maximum Gasteiger partial charge on any atom is 0.252 e. The van der Waals surface area contributed by atoms with Gasteiger partial charge in [0.1, 0.15) is 0 Å². The monoisotopic (exact) mass is 271 g/mol. The standard InChI is InChI=1S/C10H8F3N5O/c1-4(9-15-17-18-16-9)14-10(19)5-2-6(11)8(13)7(12)3-5/h2-4H,1H3,(H,14,19)(H,15,16,17,18). The fraction of sp³-hybridized carbons (Fsp3) is 0.200. The first-order chi connectivity index (χ1) is 8.99. The minimum atomic E-state index is -1.62. The number of halogens is 3. The molecule has 0 saturated heterocycles. The fourth-order valence-electron chi connectivity index (χ4n) is 1.38. The number of aromatic amines is 1. The summed E-state index contributed by atoms with van der Waals surface area (Å²) in [7, 11) is 0. The van der Waals surface area contributed by atoms with Crippen molar-refractivity contribution in [3.8, 4) is 0 Å². The van der Waals surface area contributed by atoms with Crippen LogP contribution in [0.4, 0.5) is 13.2 Å². The zero-order valence-corrected chi connectivity index (χ0v) is 9.62. The number of nitrogens with one attached hydrogen (secondary N) is 2. The topological polar surface area (TPSA) is 83.6 Å². The third-order valence-corrected chi connectivity index (χ3v) is 2.34. The third-order valence-electron chi connectivity index (χ3n) is 2.34. The molecule has 1 unspecified atom stereocenters. The van der Waals surface area contributed by atoms with Gasteiger partial charge in [0.05, 0.1) is 6.04 Å². The highest BCUT2D eigenvalue weighted by Crippen LogP contribution is 2.14. The quantitative estimate of drug-likeness (QED) is 0.819. The van der Waals surface area contributed by atoms with E-state index < -0.39 is 29.4 Å². The van der Waals surface area contributed by atoms with Crippen LogP contribution < -0.4 is 5.32 Å². The lowest BCUT2D eigenvalue weighted by atomic mass is 10.1. The van der Waals surface area contributed by atoms with Gasteiger partial charge in [-0.05, 0) is 19.1 Å². The van der Waals surface area contributed by atoms with Crippen molar-refractivity contribution in [2.24, 2.45) is 0 Å². The van der Waals surface area contributed by atoms with E-state index in [0.717, 1.165) is 0 Å². The number of H-pyrrole nitrogens is 1. The Morgan fingerprint density at radius 3 is 2.47 bits per heavy atom. The van der Waals surface area contributed by atoms with Crippen LogP contribution in [0.1, 0.15) is 29.1 Å². The lowest BCUT2D eigenvalue weighted by Gasteiger charge is -2.10. The minimum absolute atomic E-state index is 0.205. The number of nitrogens with zero attached hydrogens (tertiary/aromatic N) is 3. The Morgan fingerprint density at radius 2 is 1.95 bits per heavy atom. The minimum Gasteiger partial charge on any atom is -0.342 e. The lowest BCUT2D eigenvalue weighted by molar-refractivity contribution is 0.0937. The first-order valence-corrected chi connectivity index (χ1v) is 5.17. The first kappa shape index (κ1) is 13.0. The van der Waals surface area contributed by atoms with Gasteiger partial charge >= 0.3 is 0 Å². The van der Waals surface area contributed by atoms with Crippen molar-refractivity contribution in [3.05, 3.63) is 41.0 Å². The van der Waals surface area contributed by atoms with E-state index in [9.17, 15) is 18.0 Å². The fourth-order valence-corrected chi connectivity index (χ4v) is 1.38. The third kappa shape index (κ3) is 2.69. The number of carbonyl (C=O) groups excluding carboxylic acids is 1. The van der Waals surface area contributed by atoms with E-state index in [-0.39, 0.29) is 11.4 Å². The van der Waals surface area contributed by atoms with Gasteiger partial charge in [0.25, 0.3) is 5.91 Å². The van der Waals surface area contributed by atoms with Gasteiger partial charge < -0.3 is 5.32 Å². The molecular formula is C10H8F3N5O. The number of aromatic nitrogens is 4. The summed E-state index contributed by atoms with van der Waals surface area (Å²) in [5, 5.41) is 15.2. The van der Waals surface area contributed by atoms with E-state index in [1.165, 1.54) is 0 Å². The Kier molecular flexibility index (Phi) is 3.45. The van der Waals surface area contributed by atoms with Crippen LogP contribution in [-0.4, -0.2) is 26.5 Å². The molecule has 0 fully saturated rings. The Morgan fingerprint density at radius 1 is 1.32 bits per heavy atom. The van der Waals surface area contributed by atoms with Crippen molar-refractivity contribution in [3.63, 3.8) is 0 Å². The van der Waals surface area contributed by atoms with Crippen molar-refractivity contribution >= 4 is 5.91 Å². The van der Waals surface area contributed by atoms with E-state index in [4.69, 9.17) is 0 Å². The highest BCUT2D eigenvalue weighted by atomic mass is 19.2. The van der Waals surface area contributed by atoms with Crippen LogP contribution in [0, 0.1) is 17.5 Å². The summed E-state index contributed by atoms with van der Waals surface area (Å²) in [5.41, 5.74) is -0.341. The first-order valence-electron chi connectivity index (χ1n) is 5.17. The molecule has 2 N–H and O–H groups in total. The molecule has 0 aliphatic rings. The van der Waals surface area contributed by atoms with Crippen molar-refractivity contribution in [1.29, 1.82) is 0 Å². The lowest BCUT2D eigenvalue weighted by Crippen LogP contribution is -2.27. The van der Waals surface area contributed by atoms with E-state index >= 15 is 0 Å². The van der Waals surface area contributed by atoms with Gasteiger partial charge in [0, 0.05) is 5.56 Å². The predicted octanol–water partition coefficient (Wildman–Crippen LogP) is 1.11. The zero-order chi connectivity index (χ0) is 14.0. The van der Waals surface area contributed by atoms with Gasteiger partial charge in [0.15, 0.2) is 23.3 Å². The van der Waals surface area contributed by atoms with Gasteiger partial charge in [-0.3, -0.25) is 4.79 Å². The van der Waals surface area contributed by atoms with Gasteiger partial charge in [-0.2, -0.15) is 5.21 Å². The zero-order valence-electron chi connectivity index (χ0n) is 9.62. The summed E-state index contributed by atoms with van der Waals surface area (Å²) in [4.78, 5) is 11.7. The molecule has 0 saturated carbocycles. The summed E-state index contributed by atoms with van der Waals surface area (Å²) in [6.07, 6.45) is 0. The Balaban J connectivity index is 2.16. The molecule has 1 amide bonds. The van der Waals surface area contributed by atoms with E-state index in [1.54, 1.807) is 6.92 Å². The number of hydrogen-bond acceptors (Lipinski definition) is 4. The molecule has 1 aromatic heterocycles. The van der Waals surface area contributed by atoms with E-state index in [1.807, 2.05) is 0 Å². The average molecular weight is 271 g/mol. The van der Waals surface area contributed by atoms with Gasteiger partial charge in [-0.1, -0.05) is 5.21 Å². The molecule has 1 atom stereocenters. The number of tetrazole rings is 1. The highest BCUT2D eigenvalue weighted by Gasteiger charge is 2.18. The molecule has 0 radical (unpaired) electrons. The molecule has 0 spiro atoms. The summed E-state index contributed by atoms with van der Waals surface area (Å²) >= 11 is 0. The number of hydrogen-bond donors (Lipinski definition) is 2. The Bertz CT molecular complexity index is 578. The molecule has 9 heteroatoms. The predicted molar refractivity (Wildman–Crippen MR) is 56.4 cm³/mol. The van der Waals surface area contributed by atoms with Gasteiger partial charge in [-0.15, -0.1) is 10.2 Å². The van der Waals surface area contributed by atoms with Crippen molar-refractivity contribution in [2.75, 3.05) is 0 Å². The van der Waals surface area contributed by atoms with Crippen LogP contribution in [0.3, 0.4) is 0 Å². The van der Waals surface area contributed by atoms with E-state index in [2.05, 4.69) is 25.9 Å². The molecule has 100 valence electrons. The largest absolute Gasteiger partial charge is 0.342 e. The molecule has 2 aromatic rings. The Hall–Kier alpha value is -2.45. The van der Waals surface area contributed by atoms with E-state index in [0.29, 0.717) is 12.1 Å². The van der Waals surface area contributed by atoms with Crippen molar-refractivity contribution in [1.82, 2.24) is 25.9 Å². The van der Waals surface area contributed by atoms with Crippen LogP contribution in [0.25, 0.3) is 0 Å². The molecule has 0 aliphatic heterocycles. The highest BCUT2D eigenvalue weighted by molar-refractivity contribution is 5.94. The van der Waals surface area contributed by atoms with Crippen LogP contribution in [0.15, 0.2) is 12.1 Å². The number of amides is 1. The molecule has 0 aliphatic carbocycles. The summed E-state index contributed by atoms with van der Waals surface area (Å²) in [6, 6.07) is 0.593. The maximum absolute atomic E-state index is 13.0. The number of carbonyl (C=O) groups is 1. The second-order valence-electron chi connectivity index (χ2n) is 3.72. The van der Waals surface area contributed by atoms with Crippen LogP contribution >= 0.6 is 0 Å². The molecule has 0 bridgehead atoms. The number of rotatable bonds is 3. The molecule has 1 aromatic carbocycles. The smallest absolute Gasteiger partial charge is 0.252 e. The second-order valence-corrected chi connectivity index (χ2v) is 3.72. The normalized spacial score (nSPS) is 12.2. The summed E-state index contributed by atoms with van der Waals surface area (Å²) < 4.78 is 38.7. The van der Waals surface area contributed by atoms with Crippen molar-refractivity contribution < 1.29 is 18.0 Å². The summed E-state index contributed by atoms with van der Waals surface area (Å²) in [6.45, 7) is 1.55. The van der Waals surface area contributed by atoms with Crippen LogP contribution in [0.5, 0.6) is 0 Å². The Labute approximate surface area is 105 Å². The van der Waals surface area contributed by atoms with Gasteiger partial charge in [-0.25, -0.2) is 13.2 Å². The second kappa shape index (κ2) is 5.04. The molecule has 2 rings (SSSR count). The van der Waals surface area contributed by atoms with Crippen LogP contribution in [-0.2, 0) is 0 Å². The maximum atomic E-state index is 13.0. The summed E-state index contributed by atoms with van der Waals surface area (Å²) in [5.74, 6) is -5.07. The molecule has 6 nitrogen and oxygen atoms in total.